The quantitative estimate of drug-likeness (QED) is 0.806. The first-order chi connectivity index (χ1) is 8.81. The van der Waals surface area contributed by atoms with Crippen molar-refractivity contribution in [3.63, 3.8) is 0 Å². The van der Waals surface area contributed by atoms with Crippen LogP contribution in [0.25, 0.3) is 0 Å². The summed E-state index contributed by atoms with van der Waals surface area (Å²) in [5.74, 6) is 0. The predicted molar refractivity (Wildman–Crippen MR) is 73.7 cm³/mol. The lowest BCUT2D eigenvalue weighted by Gasteiger charge is -2.35. The Morgan fingerprint density at radius 3 is 2.50 bits per heavy atom. The van der Waals surface area contributed by atoms with Gasteiger partial charge in [0.15, 0.2) is 0 Å². The predicted octanol–water partition coefficient (Wildman–Crippen LogP) is 2.10. The van der Waals surface area contributed by atoms with Crippen molar-refractivity contribution in [1.82, 2.24) is 15.5 Å². The number of nitrogens with one attached hydrogen (secondary N) is 2. The molecule has 1 aliphatic carbocycles. The molecule has 1 saturated heterocycles. The van der Waals surface area contributed by atoms with Crippen molar-refractivity contribution in [3.05, 3.63) is 0 Å². The van der Waals surface area contributed by atoms with E-state index in [1.807, 2.05) is 0 Å². The van der Waals surface area contributed by atoms with E-state index in [9.17, 15) is 4.79 Å². The molecule has 4 heteroatoms. The van der Waals surface area contributed by atoms with Crippen LogP contribution in [0.2, 0.25) is 0 Å². The van der Waals surface area contributed by atoms with Gasteiger partial charge in [-0.3, -0.25) is 0 Å². The second-order valence-corrected chi connectivity index (χ2v) is 5.61. The molecular formula is C14H27N3O. The number of rotatable bonds is 4. The van der Waals surface area contributed by atoms with Crippen molar-refractivity contribution in [2.24, 2.45) is 0 Å². The standard InChI is InChI=1S/C14H27N3O/c1-2-11-17(13-7-9-15-10-8-13)14(18)16-12-5-3-4-6-12/h12-13,15H,2-11H2,1H3,(H,16,18). The Morgan fingerprint density at radius 2 is 1.89 bits per heavy atom. The van der Waals surface area contributed by atoms with Gasteiger partial charge in [0, 0.05) is 18.6 Å². The van der Waals surface area contributed by atoms with Crippen molar-refractivity contribution >= 4 is 6.03 Å². The third-order valence-electron chi connectivity index (χ3n) is 4.16. The number of amides is 2. The molecule has 0 atom stereocenters. The van der Waals surface area contributed by atoms with Gasteiger partial charge in [0.2, 0.25) is 0 Å². The summed E-state index contributed by atoms with van der Waals surface area (Å²) in [6.45, 7) is 5.13. The first kappa shape index (κ1) is 13.7. The van der Waals surface area contributed by atoms with E-state index < -0.39 is 0 Å². The summed E-state index contributed by atoms with van der Waals surface area (Å²) >= 11 is 0. The third-order valence-corrected chi connectivity index (χ3v) is 4.16. The van der Waals surface area contributed by atoms with Crippen LogP contribution in [0, 0.1) is 0 Å². The average Bonchev–Trinajstić information content (AvgIpc) is 2.89. The number of carbonyl (C=O) groups is 1. The maximum Gasteiger partial charge on any atom is 0.317 e. The zero-order valence-corrected chi connectivity index (χ0v) is 11.6. The van der Waals surface area contributed by atoms with E-state index in [1.54, 1.807) is 0 Å². The summed E-state index contributed by atoms with van der Waals surface area (Å²) in [5.41, 5.74) is 0. The number of hydrogen-bond acceptors (Lipinski definition) is 2. The highest BCUT2D eigenvalue weighted by Crippen LogP contribution is 2.19. The molecule has 0 aromatic rings. The average molecular weight is 253 g/mol. The largest absolute Gasteiger partial charge is 0.335 e. The molecule has 104 valence electrons. The Morgan fingerprint density at radius 1 is 1.22 bits per heavy atom. The SMILES string of the molecule is CCCN(C(=O)NC1CCCC1)C1CCNCC1. The van der Waals surface area contributed by atoms with Crippen LogP contribution >= 0.6 is 0 Å². The number of piperidine rings is 1. The van der Waals surface area contributed by atoms with Crippen molar-refractivity contribution in [3.8, 4) is 0 Å². The molecule has 0 bridgehead atoms. The molecule has 4 nitrogen and oxygen atoms in total. The van der Waals surface area contributed by atoms with Gasteiger partial charge in [-0.15, -0.1) is 0 Å². The molecular weight excluding hydrogens is 226 g/mol. The van der Waals surface area contributed by atoms with E-state index in [4.69, 9.17) is 0 Å². The number of hydrogen-bond donors (Lipinski definition) is 2. The van der Waals surface area contributed by atoms with E-state index in [0.29, 0.717) is 12.1 Å². The molecule has 0 unspecified atom stereocenters. The van der Waals surface area contributed by atoms with E-state index in [2.05, 4.69) is 22.5 Å². The first-order valence-corrected chi connectivity index (χ1v) is 7.59. The fourth-order valence-corrected chi connectivity index (χ4v) is 3.14. The van der Waals surface area contributed by atoms with Gasteiger partial charge in [0.05, 0.1) is 0 Å². The molecule has 0 aromatic carbocycles. The summed E-state index contributed by atoms with van der Waals surface area (Å²) in [5, 5.41) is 6.59. The van der Waals surface area contributed by atoms with Gasteiger partial charge in [0.25, 0.3) is 0 Å². The fourth-order valence-electron chi connectivity index (χ4n) is 3.14. The molecule has 2 fully saturated rings. The Hall–Kier alpha value is -0.770. The van der Waals surface area contributed by atoms with Crippen molar-refractivity contribution in [1.29, 1.82) is 0 Å². The summed E-state index contributed by atoms with van der Waals surface area (Å²) in [4.78, 5) is 14.5. The minimum atomic E-state index is 0.177. The molecule has 2 amide bonds. The van der Waals surface area contributed by atoms with Crippen LogP contribution in [0.15, 0.2) is 0 Å². The highest BCUT2D eigenvalue weighted by Gasteiger charge is 2.26. The Balaban J connectivity index is 1.87. The highest BCUT2D eigenvalue weighted by molar-refractivity contribution is 5.75. The number of nitrogens with zero attached hydrogens (tertiary/aromatic N) is 1. The van der Waals surface area contributed by atoms with Gasteiger partial charge in [-0.25, -0.2) is 4.79 Å². The first-order valence-electron chi connectivity index (χ1n) is 7.59. The van der Waals surface area contributed by atoms with Gasteiger partial charge in [-0.1, -0.05) is 19.8 Å². The summed E-state index contributed by atoms with van der Waals surface area (Å²) < 4.78 is 0. The second-order valence-electron chi connectivity index (χ2n) is 5.61. The Bertz CT molecular complexity index is 258. The molecule has 18 heavy (non-hydrogen) atoms. The smallest absolute Gasteiger partial charge is 0.317 e. The zero-order valence-electron chi connectivity index (χ0n) is 11.6. The Kier molecular flexibility index (Phi) is 5.29. The number of urea groups is 1. The van der Waals surface area contributed by atoms with Gasteiger partial charge in [-0.2, -0.15) is 0 Å². The van der Waals surface area contributed by atoms with E-state index in [-0.39, 0.29) is 6.03 Å². The van der Waals surface area contributed by atoms with Gasteiger partial charge < -0.3 is 15.5 Å². The monoisotopic (exact) mass is 253 g/mol. The van der Waals surface area contributed by atoms with Gasteiger partial charge >= 0.3 is 6.03 Å². The van der Waals surface area contributed by atoms with Crippen LogP contribution in [-0.4, -0.2) is 42.6 Å². The minimum Gasteiger partial charge on any atom is -0.335 e. The van der Waals surface area contributed by atoms with Gasteiger partial charge in [0.1, 0.15) is 0 Å². The van der Waals surface area contributed by atoms with E-state index in [1.165, 1.54) is 12.8 Å². The third kappa shape index (κ3) is 3.61. The topological polar surface area (TPSA) is 44.4 Å². The number of carbonyl (C=O) groups excluding carboxylic acids is 1. The minimum absolute atomic E-state index is 0.177. The molecule has 1 saturated carbocycles. The maximum absolute atomic E-state index is 12.4. The lowest BCUT2D eigenvalue weighted by Crippen LogP contribution is -2.52. The van der Waals surface area contributed by atoms with Crippen LogP contribution in [0.3, 0.4) is 0 Å². The lowest BCUT2D eigenvalue weighted by atomic mass is 10.0. The molecule has 1 heterocycles. The van der Waals surface area contributed by atoms with Gasteiger partial charge in [-0.05, 0) is 45.2 Å². The Labute approximate surface area is 110 Å². The molecule has 0 radical (unpaired) electrons. The van der Waals surface area contributed by atoms with E-state index >= 15 is 0 Å². The van der Waals surface area contributed by atoms with Crippen molar-refractivity contribution in [2.45, 2.75) is 64.0 Å². The zero-order chi connectivity index (χ0) is 12.8. The molecule has 1 aliphatic heterocycles. The lowest BCUT2D eigenvalue weighted by molar-refractivity contribution is 0.155. The fraction of sp³-hybridized carbons (Fsp3) is 0.929. The van der Waals surface area contributed by atoms with Crippen LogP contribution < -0.4 is 10.6 Å². The van der Waals surface area contributed by atoms with E-state index in [0.717, 1.165) is 51.7 Å². The molecule has 2 rings (SSSR count). The second kappa shape index (κ2) is 6.98. The van der Waals surface area contributed by atoms with Crippen LogP contribution in [0.1, 0.15) is 51.9 Å². The summed E-state index contributed by atoms with van der Waals surface area (Å²) in [6.07, 6.45) is 8.10. The molecule has 0 aromatic heterocycles. The van der Waals surface area contributed by atoms with Crippen LogP contribution in [0.5, 0.6) is 0 Å². The van der Waals surface area contributed by atoms with Crippen molar-refractivity contribution in [2.75, 3.05) is 19.6 Å². The maximum atomic E-state index is 12.4. The van der Waals surface area contributed by atoms with Crippen LogP contribution in [0.4, 0.5) is 4.79 Å². The molecule has 0 spiro atoms. The van der Waals surface area contributed by atoms with Crippen LogP contribution in [-0.2, 0) is 0 Å². The molecule has 2 aliphatic rings. The highest BCUT2D eigenvalue weighted by atomic mass is 16.2. The van der Waals surface area contributed by atoms with Crippen molar-refractivity contribution < 1.29 is 4.79 Å². The summed E-state index contributed by atoms with van der Waals surface area (Å²) in [7, 11) is 0. The normalized spacial score (nSPS) is 22.1. The molecule has 2 N–H and O–H groups in total. The summed E-state index contributed by atoms with van der Waals surface area (Å²) in [6, 6.07) is 1.04.